The fourth-order valence-corrected chi connectivity index (χ4v) is 4.16. The highest BCUT2D eigenvalue weighted by Gasteiger charge is 2.23. The SMILES string of the molecule is O=C(NC(Cc1ccccc1)c1nc2ccccc2[nH]1)c1ccc(N2CCCC2=O)cc1. The Labute approximate surface area is 186 Å². The van der Waals surface area contributed by atoms with Crippen molar-refractivity contribution in [1.82, 2.24) is 15.3 Å². The van der Waals surface area contributed by atoms with Gasteiger partial charge in [-0.15, -0.1) is 0 Å². The number of amides is 2. The van der Waals surface area contributed by atoms with Crippen molar-refractivity contribution in [3.63, 3.8) is 0 Å². The van der Waals surface area contributed by atoms with Crippen molar-refractivity contribution in [3.05, 3.63) is 95.8 Å². The summed E-state index contributed by atoms with van der Waals surface area (Å²) in [5, 5.41) is 3.14. The van der Waals surface area contributed by atoms with Crippen LogP contribution in [0, 0.1) is 0 Å². The molecule has 0 aliphatic carbocycles. The average molecular weight is 425 g/mol. The Bertz CT molecular complexity index is 1210. The van der Waals surface area contributed by atoms with Crippen molar-refractivity contribution in [2.75, 3.05) is 11.4 Å². The zero-order chi connectivity index (χ0) is 21.9. The van der Waals surface area contributed by atoms with Crippen LogP contribution in [-0.4, -0.2) is 28.3 Å². The first kappa shape index (κ1) is 20.0. The highest BCUT2D eigenvalue weighted by molar-refractivity contribution is 5.97. The Morgan fingerprint density at radius 3 is 2.47 bits per heavy atom. The quantitative estimate of drug-likeness (QED) is 0.481. The van der Waals surface area contributed by atoms with Gasteiger partial charge in [-0.2, -0.15) is 0 Å². The topological polar surface area (TPSA) is 78.1 Å². The van der Waals surface area contributed by atoms with E-state index in [2.05, 4.69) is 10.3 Å². The van der Waals surface area contributed by atoms with E-state index in [1.807, 2.05) is 66.7 Å². The number of imidazole rings is 1. The first-order chi connectivity index (χ1) is 15.7. The molecule has 2 N–H and O–H groups in total. The number of benzene rings is 3. The minimum Gasteiger partial charge on any atom is -0.342 e. The molecule has 1 saturated heterocycles. The Kier molecular flexibility index (Phi) is 5.42. The Morgan fingerprint density at radius 2 is 1.75 bits per heavy atom. The van der Waals surface area contributed by atoms with Gasteiger partial charge in [0.15, 0.2) is 0 Å². The summed E-state index contributed by atoms with van der Waals surface area (Å²) < 4.78 is 0. The Balaban J connectivity index is 1.39. The van der Waals surface area contributed by atoms with Crippen molar-refractivity contribution < 1.29 is 9.59 Å². The number of aromatic amines is 1. The summed E-state index contributed by atoms with van der Waals surface area (Å²) >= 11 is 0. The molecule has 32 heavy (non-hydrogen) atoms. The summed E-state index contributed by atoms with van der Waals surface area (Å²) in [6.45, 7) is 0.732. The second-order valence-electron chi connectivity index (χ2n) is 8.05. The average Bonchev–Trinajstić information content (AvgIpc) is 3.45. The maximum absolute atomic E-state index is 13.1. The smallest absolute Gasteiger partial charge is 0.251 e. The van der Waals surface area contributed by atoms with E-state index in [1.165, 1.54) is 0 Å². The van der Waals surface area contributed by atoms with Crippen LogP contribution >= 0.6 is 0 Å². The van der Waals surface area contributed by atoms with Crippen LogP contribution in [0.4, 0.5) is 5.69 Å². The molecule has 4 aromatic rings. The van der Waals surface area contributed by atoms with Crippen LogP contribution in [0.1, 0.15) is 40.6 Å². The van der Waals surface area contributed by atoms with E-state index in [0.717, 1.165) is 41.1 Å². The zero-order valence-electron chi connectivity index (χ0n) is 17.6. The van der Waals surface area contributed by atoms with E-state index in [9.17, 15) is 9.59 Å². The second-order valence-corrected chi connectivity index (χ2v) is 8.05. The van der Waals surface area contributed by atoms with E-state index in [1.54, 1.807) is 17.0 Å². The molecular weight excluding hydrogens is 400 g/mol. The van der Waals surface area contributed by atoms with Crippen molar-refractivity contribution >= 4 is 28.5 Å². The van der Waals surface area contributed by atoms with Gasteiger partial charge in [-0.3, -0.25) is 9.59 Å². The largest absolute Gasteiger partial charge is 0.342 e. The van der Waals surface area contributed by atoms with E-state index in [0.29, 0.717) is 18.4 Å². The van der Waals surface area contributed by atoms with Gasteiger partial charge in [0.05, 0.1) is 17.1 Å². The highest BCUT2D eigenvalue weighted by atomic mass is 16.2. The molecule has 3 aromatic carbocycles. The molecule has 0 radical (unpaired) electrons. The maximum Gasteiger partial charge on any atom is 0.251 e. The van der Waals surface area contributed by atoms with E-state index < -0.39 is 0 Å². The number of nitrogens with one attached hydrogen (secondary N) is 2. The normalized spacial score (nSPS) is 14.6. The molecule has 2 amide bonds. The Hall–Kier alpha value is -3.93. The number of aromatic nitrogens is 2. The summed E-state index contributed by atoms with van der Waals surface area (Å²) in [6, 6.07) is 24.8. The van der Waals surface area contributed by atoms with Crippen molar-refractivity contribution in [2.24, 2.45) is 0 Å². The number of hydrogen-bond acceptors (Lipinski definition) is 3. The van der Waals surface area contributed by atoms with Gasteiger partial charge in [-0.05, 0) is 54.8 Å². The number of nitrogens with zero attached hydrogens (tertiary/aromatic N) is 2. The molecule has 0 spiro atoms. The van der Waals surface area contributed by atoms with Crippen LogP contribution < -0.4 is 10.2 Å². The molecule has 1 aliphatic heterocycles. The highest BCUT2D eigenvalue weighted by Crippen LogP contribution is 2.23. The van der Waals surface area contributed by atoms with Gasteiger partial charge >= 0.3 is 0 Å². The number of anilines is 1. The molecule has 5 rings (SSSR count). The third-order valence-corrected chi connectivity index (χ3v) is 5.84. The first-order valence-electron chi connectivity index (χ1n) is 10.9. The molecule has 0 saturated carbocycles. The summed E-state index contributed by atoms with van der Waals surface area (Å²) in [5.74, 6) is 0.684. The zero-order valence-corrected chi connectivity index (χ0v) is 17.6. The van der Waals surface area contributed by atoms with E-state index >= 15 is 0 Å². The van der Waals surface area contributed by atoms with Gasteiger partial charge < -0.3 is 15.2 Å². The molecule has 0 bridgehead atoms. The molecule has 1 fully saturated rings. The lowest BCUT2D eigenvalue weighted by Crippen LogP contribution is -2.31. The number of H-pyrrole nitrogens is 1. The fourth-order valence-electron chi connectivity index (χ4n) is 4.16. The minimum atomic E-state index is -0.308. The number of hydrogen-bond donors (Lipinski definition) is 2. The number of carbonyl (C=O) groups excluding carboxylic acids is 2. The monoisotopic (exact) mass is 424 g/mol. The predicted octanol–water partition coefficient (Wildman–Crippen LogP) is 4.40. The van der Waals surface area contributed by atoms with Crippen molar-refractivity contribution in [3.8, 4) is 0 Å². The lowest BCUT2D eigenvalue weighted by atomic mass is 10.0. The summed E-state index contributed by atoms with van der Waals surface area (Å²) in [4.78, 5) is 34.9. The number of fused-ring (bicyclic) bond motifs is 1. The molecule has 1 aromatic heterocycles. The van der Waals surface area contributed by atoms with Gasteiger partial charge in [0.1, 0.15) is 5.82 Å². The van der Waals surface area contributed by atoms with Gasteiger partial charge in [0.2, 0.25) is 5.91 Å². The predicted molar refractivity (Wildman–Crippen MR) is 124 cm³/mol. The number of carbonyl (C=O) groups is 2. The summed E-state index contributed by atoms with van der Waals surface area (Å²) in [5.41, 5.74) is 4.31. The van der Waals surface area contributed by atoms with Crippen molar-refractivity contribution in [2.45, 2.75) is 25.3 Å². The van der Waals surface area contributed by atoms with Crippen LogP contribution in [0.25, 0.3) is 11.0 Å². The van der Waals surface area contributed by atoms with Crippen LogP contribution in [0.2, 0.25) is 0 Å². The Morgan fingerprint density at radius 1 is 1.00 bits per heavy atom. The maximum atomic E-state index is 13.1. The molecular formula is C26H24N4O2. The van der Waals surface area contributed by atoms with Crippen LogP contribution in [0.3, 0.4) is 0 Å². The van der Waals surface area contributed by atoms with Crippen LogP contribution in [0.15, 0.2) is 78.9 Å². The van der Waals surface area contributed by atoms with E-state index in [-0.39, 0.29) is 17.9 Å². The van der Waals surface area contributed by atoms with Gasteiger partial charge in [0, 0.05) is 24.2 Å². The van der Waals surface area contributed by atoms with Gasteiger partial charge in [0.25, 0.3) is 5.91 Å². The van der Waals surface area contributed by atoms with E-state index in [4.69, 9.17) is 4.98 Å². The van der Waals surface area contributed by atoms with Crippen molar-refractivity contribution in [1.29, 1.82) is 0 Å². The number of rotatable bonds is 6. The molecule has 6 heteroatoms. The van der Waals surface area contributed by atoms with Gasteiger partial charge in [-0.25, -0.2) is 4.98 Å². The molecule has 2 heterocycles. The fraction of sp³-hybridized carbons (Fsp3) is 0.192. The minimum absolute atomic E-state index is 0.134. The first-order valence-corrected chi connectivity index (χ1v) is 10.9. The van der Waals surface area contributed by atoms with Crippen LogP contribution in [0.5, 0.6) is 0 Å². The molecule has 1 aliphatic rings. The molecule has 1 unspecified atom stereocenters. The standard InChI is InChI=1S/C26H24N4O2/c31-24-11-6-16-30(24)20-14-12-19(13-15-20)26(32)29-23(17-18-7-2-1-3-8-18)25-27-21-9-4-5-10-22(21)28-25/h1-5,7-10,12-15,23H,6,11,16-17H2,(H,27,28)(H,29,32). The molecule has 160 valence electrons. The molecule has 1 atom stereocenters. The lowest BCUT2D eigenvalue weighted by molar-refractivity contribution is -0.117. The lowest BCUT2D eigenvalue weighted by Gasteiger charge is -2.18. The van der Waals surface area contributed by atoms with Gasteiger partial charge in [-0.1, -0.05) is 42.5 Å². The summed E-state index contributed by atoms with van der Waals surface area (Å²) in [6.07, 6.45) is 2.08. The van der Waals surface area contributed by atoms with Crippen LogP contribution in [-0.2, 0) is 11.2 Å². The summed E-state index contributed by atoms with van der Waals surface area (Å²) in [7, 11) is 0. The molecule has 6 nitrogen and oxygen atoms in total. The number of para-hydroxylation sites is 2. The third kappa shape index (κ3) is 4.12. The second kappa shape index (κ2) is 8.67. The third-order valence-electron chi connectivity index (χ3n) is 5.84.